The maximum Gasteiger partial charge on any atom is 0.221 e. The first-order chi connectivity index (χ1) is 15.0. The normalized spacial score (nSPS) is 13.5. The first-order valence-corrected chi connectivity index (χ1v) is 12.2. The van der Waals surface area contributed by atoms with Gasteiger partial charge in [0.2, 0.25) is 5.91 Å². The molecule has 4 rings (SSSR count). The molecule has 0 fully saturated rings. The Morgan fingerprint density at radius 2 is 1.77 bits per heavy atom. The highest BCUT2D eigenvalue weighted by molar-refractivity contribution is 7.91. The van der Waals surface area contributed by atoms with Gasteiger partial charge in [0.1, 0.15) is 0 Å². The van der Waals surface area contributed by atoms with Crippen LogP contribution in [-0.4, -0.2) is 41.4 Å². The molecule has 3 aromatic rings. The van der Waals surface area contributed by atoms with E-state index in [2.05, 4.69) is 10.3 Å². The number of carbonyl (C=O) groups excluding carboxylic acids is 1. The lowest BCUT2D eigenvalue weighted by Gasteiger charge is -2.14. The molecule has 0 aliphatic heterocycles. The molecular weight excluding hydrogens is 412 g/mol. The molecule has 0 saturated heterocycles. The number of sulfone groups is 1. The van der Waals surface area contributed by atoms with Crippen LogP contribution < -0.4 is 5.32 Å². The summed E-state index contributed by atoms with van der Waals surface area (Å²) in [7, 11) is -3.46. The summed E-state index contributed by atoms with van der Waals surface area (Å²) >= 11 is 0. The van der Waals surface area contributed by atoms with Gasteiger partial charge in [0.25, 0.3) is 0 Å². The van der Waals surface area contributed by atoms with Gasteiger partial charge in [-0.3, -0.25) is 14.5 Å². The minimum absolute atomic E-state index is 0.0588. The second-order valence-electron chi connectivity index (χ2n) is 7.67. The van der Waals surface area contributed by atoms with E-state index in [-0.39, 0.29) is 23.0 Å². The summed E-state index contributed by atoms with van der Waals surface area (Å²) < 4.78 is 26.7. The van der Waals surface area contributed by atoms with Crippen molar-refractivity contribution in [2.45, 2.75) is 43.5 Å². The summed E-state index contributed by atoms with van der Waals surface area (Å²) in [5, 5.41) is 7.66. The summed E-state index contributed by atoms with van der Waals surface area (Å²) in [5.41, 5.74) is 4.58. The Kier molecular flexibility index (Phi) is 6.46. The van der Waals surface area contributed by atoms with Crippen molar-refractivity contribution in [1.82, 2.24) is 20.1 Å². The second kappa shape index (κ2) is 9.43. The van der Waals surface area contributed by atoms with E-state index in [1.807, 2.05) is 16.8 Å². The number of amides is 1. The minimum atomic E-state index is -3.46. The lowest BCUT2D eigenvalue weighted by atomic mass is 9.94. The molecule has 0 radical (unpaired) electrons. The molecule has 162 valence electrons. The third kappa shape index (κ3) is 5.02. The molecule has 1 aromatic carbocycles. The molecule has 8 heteroatoms. The average molecular weight is 439 g/mol. The van der Waals surface area contributed by atoms with Crippen molar-refractivity contribution in [2.75, 3.05) is 12.3 Å². The summed E-state index contributed by atoms with van der Waals surface area (Å²) in [6, 6.07) is 12.2. The van der Waals surface area contributed by atoms with Crippen molar-refractivity contribution in [3.05, 3.63) is 66.1 Å². The van der Waals surface area contributed by atoms with Crippen molar-refractivity contribution in [1.29, 1.82) is 0 Å². The first-order valence-electron chi connectivity index (χ1n) is 10.6. The van der Waals surface area contributed by atoms with Gasteiger partial charge in [0.05, 0.1) is 22.9 Å². The highest BCUT2D eigenvalue weighted by Gasteiger charge is 2.22. The zero-order valence-corrected chi connectivity index (χ0v) is 18.1. The molecule has 1 N–H and O–H groups in total. The zero-order chi connectivity index (χ0) is 21.7. The smallest absolute Gasteiger partial charge is 0.221 e. The van der Waals surface area contributed by atoms with Crippen molar-refractivity contribution in [2.24, 2.45) is 0 Å². The largest absolute Gasteiger partial charge is 0.354 e. The molecule has 0 unspecified atom stereocenters. The van der Waals surface area contributed by atoms with Crippen LogP contribution in [0.1, 0.15) is 30.5 Å². The Labute approximate surface area is 182 Å². The van der Waals surface area contributed by atoms with Crippen LogP contribution in [0.4, 0.5) is 0 Å². The SMILES string of the molecule is O=C(CCS(=O)(=O)c1ccccc1)NCCn1nc(-c2ccncc2)c2c1CCCC2. The van der Waals surface area contributed by atoms with Crippen molar-refractivity contribution in [3.8, 4) is 11.3 Å². The number of nitrogens with zero attached hydrogens (tertiary/aromatic N) is 3. The Morgan fingerprint density at radius 1 is 1.03 bits per heavy atom. The molecular formula is C23H26N4O3S. The molecule has 1 amide bonds. The van der Waals surface area contributed by atoms with E-state index in [4.69, 9.17) is 5.10 Å². The third-order valence-electron chi connectivity index (χ3n) is 5.56. The van der Waals surface area contributed by atoms with Crippen molar-refractivity contribution >= 4 is 15.7 Å². The number of rotatable bonds is 8. The number of hydrogen-bond donors (Lipinski definition) is 1. The second-order valence-corrected chi connectivity index (χ2v) is 9.78. The van der Waals surface area contributed by atoms with Gasteiger partial charge in [-0.15, -0.1) is 0 Å². The maximum atomic E-state index is 12.3. The van der Waals surface area contributed by atoms with Crippen LogP contribution in [0.5, 0.6) is 0 Å². The molecule has 1 aliphatic carbocycles. The number of benzene rings is 1. The van der Waals surface area contributed by atoms with Gasteiger partial charge >= 0.3 is 0 Å². The lowest BCUT2D eigenvalue weighted by molar-refractivity contribution is -0.120. The van der Waals surface area contributed by atoms with E-state index in [0.717, 1.165) is 36.9 Å². The third-order valence-corrected chi connectivity index (χ3v) is 7.29. The van der Waals surface area contributed by atoms with Crippen LogP contribution in [0.15, 0.2) is 59.8 Å². The fourth-order valence-corrected chi connectivity index (χ4v) is 5.22. The lowest BCUT2D eigenvalue weighted by Crippen LogP contribution is -2.29. The minimum Gasteiger partial charge on any atom is -0.354 e. The molecule has 0 bridgehead atoms. The van der Waals surface area contributed by atoms with E-state index in [1.54, 1.807) is 42.7 Å². The topological polar surface area (TPSA) is 94.0 Å². The Hall–Kier alpha value is -3.00. The Bertz CT molecular complexity index is 1140. The van der Waals surface area contributed by atoms with Gasteiger partial charge in [-0.2, -0.15) is 5.10 Å². The van der Waals surface area contributed by atoms with Gasteiger partial charge in [0.15, 0.2) is 9.84 Å². The molecule has 7 nitrogen and oxygen atoms in total. The maximum absolute atomic E-state index is 12.3. The molecule has 0 atom stereocenters. The fourth-order valence-electron chi connectivity index (χ4n) is 3.96. The molecule has 1 aliphatic rings. The standard InChI is InChI=1S/C23H26N4O3S/c28-22(12-17-31(29,30)19-6-2-1-3-7-19)25-15-16-27-21-9-5-4-8-20(21)23(26-27)18-10-13-24-14-11-18/h1-3,6-7,10-11,13-14H,4-5,8-9,12,15-17H2,(H,25,28). The molecule has 2 heterocycles. The van der Waals surface area contributed by atoms with Gasteiger partial charge < -0.3 is 5.32 Å². The Morgan fingerprint density at radius 3 is 2.55 bits per heavy atom. The van der Waals surface area contributed by atoms with Gasteiger partial charge in [-0.25, -0.2) is 8.42 Å². The highest BCUT2D eigenvalue weighted by atomic mass is 32.2. The number of carbonyl (C=O) groups is 1. The average Bonchev–Trinajstić information content (AvgIpc) is 3.18. The van der Waals surface area contributed by atoms with E-state index < -0.39 is 9.84 Å². The van der Waals surface area contributed by atoms with Crippen LogP contribution in [0.2, 0.25) is 0 Å². The van der Waals surface area contributed by atoms with Crippen molar-refractivity contribution in [3.63, 3.8) is 0 Å². The highest BCUT2D eigenvalue weighted by Crippen LogP contribution is 2.30. The Balaban J connectivity index is 1.35. The number of pyridine rings is 1. The van der Waals surface area contributed by atoms with E-state index in [9.17, 15) is 13.2 Å². The molecule has 0 spiro atoms. The van der Waals surface area contributed by atoms with Crippen LogP contribution in [0.25, 0.3) is 11.3 Å². The predicted molar refractivity (Wildman–Crippen MR) is 118 cm³/mol. The zero-order valence-electron chi connectivity index (χ0n) is 17.3. The number of nitrogens with one attached hydrogen (secondary N) is 1. The summed E-state index contributed by atoms with van der Waals surface area (Å²) in [5.74, 6) is -0.471. The summed E-state index contributed by atoms with van der Waals surface area (Å²) in [4.78, 5) is 16.5. The quantitative estimate of drug-likeness (QED) is 0.584. The molecule has 31 heavy (non-hydrogen) atoms. The number of fused-ring (bicyclic) bond motifs is 1. The van der Waals surface area contributed by atoms with E-state index >= 15 is 0 Å². The van der Waals surface area contributed by atoms with Gasteiger partial charge in [-0.1, -0.05) is 18.2 Å². The van der Waals surface area contributed by atoms with Gasteiger partial charge in [-0.05, 0) is 49.9 Å². The summed E-state index contributed by atoms with van der Waals surface area (Å²) in [6.45, 7) is 0.971. The number of hydrogen-bond acceptors (Lipinski definition) is 5. The monoisotopic (exact) mass is 438 g/mol. The fraction of sp³-hybridized carbons (Fsp3) is 0.348. The van der Waals surface area contributed by atoms with Crippen LogP contribution in [0, 0.1) is 0 Å². The molecule has 0 saturated carbocycles. The molecule has 2 aromatic heterocycles. The van der Waals surface area contributed by atoms with Crippen molar-refractivity contribution < 1.29 is 13.2 Å². The van der Waals surface area contributed by atoms with Crippen LogP contribution in [-0.2, 0) is 34.0 Å². The van der Waals surface area contributed by atoms with Crippen LogP contribution in [0.3, 0.4) is 0 Å². The number of aromatic nitrogens is 3. The van der Waals surface area contributed by atoms with Crippen LogP contribution >= 0.6 is 0 Å². The first kappa shape index (κ1) is 21.2. The predicted octanol–water partition coefficient (Wildman–Crippen LogP) is 2.80. The summed E-state index contributed by atoms with van der Waals surface area (Å²) in [6.07, 6.45) is 7.77. The van der Waals surface area contributed by atoms with E-state index in [0.29, 0.717) is 13.1 Å². The van der Waals surface area contributed by atoms with Gasteiger partial charge in [0, 0.05) is 42.2 Å². The van der Waals surface area contributed by atoms with E-state index in [1.165, 1.54) is 11.3 Å².